The van der Waals surface area contributed by atoms with Gasteiger partial charge in [0.25, 0.3) is 0 Å². The van der Waals surface area contributed by atoms with Crippen molar-refractivity contribution in [3.8, 4) is 0 Å². The molecule has 3 heteroatoms. The SMILES string of the molecule is Cc1ccc(C)c(Nc2ncccc2Br)c1. The van der Waals surface area contributed by atoms with Gasteiger partial charge >= 0.3 is 0 Å². The zero-order chi connectivity index (χ0) is 11.5. The predicted molar refractivity (Wildman–Crippen MR) is 71.1 cm³/mol. The molecule has 2 nitrogen and oxygen atoms in total. The third kappa shape index (κ3) is 2.42. The zero-order valence-corrected chi connectivity index (χ0v) is 10.9. The number of nitrogens with one attached hydrogen (secondary N) is 1. The van der Waals surface area contributed by atoms with E-state index in [1.807, 2.05) is 12.1 Å². The molecule has 2 rings (SSSR count). The van der Waals surface area contributed by atoms with Crippen molar-refractivity contribution < 1.29 is 0 Å². The molecule has 1 heterocycles. The first-order valence-electron chi connectivity index (χ1n) is 5.11. The Kier molecular flexibility index (Phi) is 3.25. The summed E-state index contributed by atoms with van der Waals surface area (Å²) >= 11 is 3.47. The van der Waals surface area contributed by atoms with Gasteiger partial charge in [0.05, 0.1) is 4.47 Å². The summed E-state index contributed by atoms with van der Waals surface area (Å²) in [6.07, 6.45) is 1.78. The van der Waals surface area contributed by atoms with Crippen molar-refractivity contribution in [1.29, 1.82) is 0 Å². The number of pyridine rings is 1. The van der Waals surface area contributed by atoms with Crippen molar-refractivity contribution in [2.75, 3.05) is 5.32 Å². The number of halogens is 1. The number of rotatable bonds is 2. The highest BCUT2D eigenvalue weighted by Gasteiger charge is 2.03. The van der Waals surface area contributed by atoms with Gasteiger partial charge in [-0.3, -0.25) is 0 Å². The van der Waals surface area contributed by atoms with Crippen LogP contribution in [0.2, 0.25) is 0 Å². The van der Waals surface area contributed by atoms with Gasteiger partial charge < -0.3 is 5.32 Å². The minimum Gasteiger partial charge on any atom is -0.339 e. The molecule has 1 N–H and O–H groups in total. The van der Waals surface area contributed by atoms with Gasteiger partial charge in [0.15, 0.2) is 0 Å². The molecule has 1 aromatic carbocycles. The van der Waals surface area contributed by atoms with Crippen LogP contribution in [0, 0.1) is 13.8 Å². The number of aromatic nitrogens is 1. The lowest BCUT2D eigenvalue weighted by molar-refractivity contribution is 1.27. The molecule has 0 atom stereocenters. The van der Waals surface area contributed by atoms with Crippen molar-refractivity contribution in [2.24, 2.45) is 0 Å². The molecule has 16 heavy (non-hydrogen) atoms. The lowest BCUT2D eigenvalue weighted by Crippen LogP contribution is -1.96. The van der Waals surface area contributed by atoms with Gasteiger partial charge in [0.2, 0.25) is 0 Å². The largest absolute Gasteiger partial charge is 0.339 e. The second-order valence-corrected chi connectivity index (χ2v) is 4.63. The van der Waals surface area contributed by atoms with Crippen LogP contribution in [0.5, 0.6) is 0 Å². The number of nitrogens with zero attached hydrogens (tertiary/aromatic N) is 1. The number of anilines is 2. The zero-order valence-electron chi connectivity index (χ0n) is 9.29. The topological polar surface area (TPSA) is 24.9 Å². The molecule has 1 aromatic heterocycles. The fourth-order valence-corrected chi connectivity index (χ4v) is 1.83. The lowest BCUT2D eigenvalue weighted by Gasteiger charge is -2.10. The molecule has 0 saturated carbocycles. The number of hydrogen-bond acceptors (Lipinski definition) is 2. The molecule has 0 aliphatic rings. The Morgan fingerprint density at radius 3 is 2.75 bits per heavy atom. The second kappa shape index (κ2) is 4.66. The number of hydrogen-bond donors (Lipinski definition) is 1. The fraction of sp³-hybridized carbons (Fsp3) is 0.154. The fourth-order valence-electron chi connectivity index (χ4n) is 1.48. The Bertz CT molecular complexity index is 509. The van der Waals surface area contributed by atoms with Crippen LogP contribution in [0.15, 0.2) is 41.0 Å². The monoisotopic (exact) mass is 276 g/mol. The first-order valence-corrected chi connectivity index (χ1v) is 5.91. The third-order valence-electron chi connectivity index (χ3n) is 2.40. The molecule has 0 amide bonds. The van der Waals surface area contributed by atoms with E-state index < -0.39 is 0 Å². The van der Waals surface area contributed by atoms with Gasteiger partial charge in [-0.25, -0.2) is 4.98 Å². The van der Waals surface area contributed by atoms with Crippen LogP contribution in [0.3, 0.4) is 0 Å². The minimum atomic E-state index is 0.844. The summed E-state index contributed by atoms with van der Waals surface area (Å²) in [7, 11) is 0. The molecule has 82 valence electrons. The van der Waals surface area contributed by atoms with Crippen molar-refractivity contribution in [2.45, 2.75) is 13.8 Å². The molecule has 0 saturated heterocycles. The summed E-state index contributed by atoms with van der Waals surface area (Å²) in [4.78, 5) is 4.29. The summed E-state index contributed by atoms with van der Waals surface area (Å²) in [5.41, 5.74) is 3.54. The minimum absolute atomic E-state index is 0.844. The third-order valence-corrected chi connectivity index (χ3v) is 3.04. The molecule has 0 bridgehead atoms. The van der Waals surface area contributed by atoms with Gasteiger partial charge in [0.1, 0.15) is 5.82 Å². The summed E-state index contributed by atoms with van der Waals surface area (Å²) in [6.45, 7) is 4.16. The maximum Gasteiger partial charge on any atom is 0.144 e. The summed E-state index contributed by atoms with van der Waals surface area (Å²) in [6, 6.07) is 10.2. The van der Waals surface area contributed by atoms with E-state index in [0.717, 1.165) is 16.0 Å². The Morgan fingerprint density at radius 1 is 1.19 bits per heavy atom. The molecule has 0 spiro atoms. The van der Waals surface area contributed by atoms with Crippen molar-refractivity contribution in [3.05, 3.63) is 52.1 Å². The number of benzene rings is 1. The Morgan fingerprint density at radius 2 is 2.00 bits per heavy atom. The Balaban J connectivity index is 2.34. The number of aryl methyl sites for hydroxylation is 2. The van der Waals surface area contributed by atoms with Gasteiger partial charge in [-0.2, -0.15) is 0 Å². The van der Waals surface area contributed by atoms with E-state index in [0.29, 0.717) is 0 Å². The average molecular weight is 277 g/mol. The lowest BCUT2D eigenvalue weighted by atomic mass is 10.1. The molecule has 0 aliphatic carbocycles. The Hall–Kier alpha value is -1.35. The molecular formula is C13H13BrN2. The first-order chi connectivity index (χ1) is 7.66. The van der Waals surface area contributed by atoms with Crippen molar-refractivity contribution in [3.63, 3.8) is 0 Å². The quantitative estimate of drug-likeness (QED) is 0.889. The standard InChI is InChI=1S/C13H13BrN2/c1-9-5-6-10(2)12(8-9)16-13-11(14)4-3-7-15-13/h3-8H,1-2H3,(H,15,16). The van der Waals surface area contributed by atoms with Crippen LogP contribution in [0.4, 0.5) is 11.5 Å². The molecule has 0 fully saturated rings. The first kappa shape index (κ1) is 11.1. The van der Waals surface area contributed by atoms with E-state index in [-0.39, 0.29) is 0 Å². The van der Waals surface area contributed by atoms with Crippen LogP contribution in [0.1, 0.15) is 11.1 Å². The van der Waals surface area contributed by atoms with Crippen LogP contribution in [-0.2, 0) is 0 Å². The van der Waals surface area contributed by atoms with E-state index in [2.05, 4.69) is 58.3 Å². The van der Waals surface area contributed by atoms with E-state index >= 15 is 0 Å². The van der Waals surface area contributed by atoms with Crippen LogP contribution in [0.25, 0.3) is 0 Å². The van der Waals surface area contributed by atoms with Gasteiger partial charge in [-0.15, -0.1) is 0 Å². The van der Waals surface area contributed by atoms with Crippen LogP contribution >= 0.6 is 15.9 Å². The van der Waals surface area contributed by atoms with E-state index in [4.69, 9.17) is 0 Å². The molecule has 0 unspecified atom stereocenters. The van der Waals surface area contributed by atoms with Gasteiger partial charge in [0, 0.05) is 11.9 Å². The van der Waals surface area contributed by atoms with Crippen LogP contribution in [-0.4, -0.2) is 4.98 Å². The summed E-state index contributed by atoms with van der Waals surface area (Å²) < 4.78 is 0.968. The molecular weight excluding hydrogens is 264 g/mol. The normalized spacial score (nSPS) is 10.2. The molecule has 2 aromatic rings. The Labute approximate surface area is 104 Å². The van der Waals surface area contributed by atoms with Gasteiger partial charge in [-0.1, -0.05) is 12.1 Å². The van der Waals surface area contributed by atoms with Crippen molar-refractivity contribution >= 4 is 27.4 Å². The van der Waals surface area contributed by atoms with Crippen LogP contribution < -0.4 is 5.32 Å². The smallest absolute Gasteiger partial charge is 0.144 e. The summed E-state index contributed by atoms with van der Waals surface area (Å²) in [5.74, 6) is 0.844. The highest BCUT2D eigenvalue weighted by atomic mass is 79.9. The molecule has 0 aliphatic heterocycles. The van der Waals surface area contributed by atoms with Gasteiger partial charge in [-0.05, 0) is 59.1 Å². The van der Waals surface area contributed by atoms with Crippen molar-refractivity contribution in [1.82, 2.24) is 4.98 Å². The average Bonchev–Trinajstić information content (AvgIpc) is 2.27. The summed E-state index contributed by atoms with van der Waals surface area (Å²) in [5, 5.41) is 3.32. The second-order valence-electron chi connectivity index (χ2n) is 3.78. The van der Waals surface area contributed by atoms with E-state index in [1.165, 1.54) is 11.1 Å². The maximum atomic E-state index is 4.29. The molecule has 0 radical (unpaired) electrons. The predicted octanol–water partition coefficient (Wildman–Crippen LogP) is 4.20. The highest BCUT2D eigenvalue weighted by molar-refractivity contribution is 9.10. The van der Waals surface area contributed by atoms with E-state index in [1.54, 1.807) is 6.20 Å². The van der Waals surface area contributed by atoms with E-state index in [9.17, 15) is 0 Å². The maximum absolute atomic E-state index is 4.29. The highest BCUT2D eigenvalue weighted by Crippen LogP contribution is 2.25.